The van der Waals surface area contributed by atoms with Crippen molar-refractivity contribution in [3.8, 4) is 0 Å². The average Bonchev–Trinajstić information content (AvgIpc) is 3.02. The minimum absolute atomic E-state index is 0.212. The fourth-order valence-corrected chi connectivity index (χ4v) is 3.74. The maximum atomic E-state index is 6.48. The zero-order valence-corrected chi connectivity index (χ0v) is 12.2. The van der Waals surface area contributed by atoms with Gasteiger partial charge in [0.1, 0.15) is 0 Å². The highest BCUT2D eigenvalue weighted by Crippen LogP contribution is 2.34. The molecule has 1 aliphatic carbocycles. The average molecular weight is 279 g/mol. The second kappa shape index (κ2) is 6.25. The molecule has 0 amide bonds. The quantitative estimate of drug-likeness (QED) is 0.658. The van der Waals surface area contributed by atoms with Gasteiger partial charge in [0.2, 0.25) is 0 Å². The van der Waals surface area contributed by atoms with Crippen LogP contribution in [-0.4, -0.2) is 36.5 Å². The van der Waals surface area contributed by atoms with E-state index in [1.54, 1.807) is 0 Å². The van der Waals surface area contributed by atoms with E-state index >= 15 is 0 Å². The lowest BCUT2D eigenvalue weighted by Gasteiger charge is -2.19. The second-order valence-corrected chi connectivity index (χ2v) is 6.31. The molecule has 104 valence electrons. The molecule has 3 heteroatoms. The molecule has 1 aromatic carbocycles. The van der Waals surface area contributed by atoms with E-state index in [0.29, 0.717) is 6.04 Å². The van der Waals surface area contributed by atoms with E-state index in [9.17, 15) is 0 Å². The van der Waals surface area contributed by atoms with Crippen LogP contribution < -0.4 is 5.32 Å². The number of nitrogens with one attached hydrogen (secondary N) is 1. The summed E-state index contributed by atoms with van der Waals surface area (Å²) in [4.78, 5) is 2.57. The Kier molecular flexibility index (Phi) is 4.42. The van der Waals surface area contributed by atoms with Gasteiger partial charge in [0.05, 0.1) is 5.38 Å². The number of halogens is 1. The summed E-state index contributed by atoms with van der Waals surface area (Å²) in [6, 6.07) is 8.99. The minimum Gasteiger partial charge on any atom is -0.309 e. The molecule has 2 unspecified atom stereocenters. The zero-order chi connectivity index (χ0) is 13.1. The van der Waals surface area contributed by atoms with Gasteiger partial charge in [0.25, 0.3) is 0 Å². The first-order chi connectivity index (χ1) is 9.34. The van der Waals surface area contributed by atoms with Crippen LogP contribution in [-0.2, 0) is 6.42 Å². The van der Waals surface area contributed by atoms with Crippen LogP contribution in [0, 0.1) is 0 Å². The first-order valence-corrected chi connectivity index (χ1v) is 7.96. The van der Waals surface area contributed by atoms with Gasteiger partial charge in [0.15, 0.2) is 0 Å². The number of likely N-dealkylation sites (tertiary alicyclic amines) is 1. The summed E-state index contributed by atoms with van der Waals surface area (Å²) >= 11 is 6.48. The molecule has 1 N–H and O–H groups in total. The van der Waals surface area contributed by atoms with E-state index in [4.69, 9.17) is 11.6 Å². The summed E-state index contributed by atoms with van der Waals surface area (Å²) in [6.45, 7) is 4.89. The Hall–Kier alpha value is -0.570. The van der Waals surface area contributed by atoms with Gasteiger partial charge in [-0.3, -0.25) is 0 Å². The van der Waals surface area contributed by atoms with Gasteiger partial charge in [-0.1, -0.05) is 24.3 Å². The van der Waals surface area contributed by atoms with E-state index in [1.165, 1.54) is 50.0 Å². The van der Waals surface area contributed by atoms with Crippen LogP contribution in [0.5, 0.6) is 0 Å². The molecule has 1 heterocycles. The first-order valence-electron chi connectivity index (χ1n) is 7.52. The van der Waals surface area contributed by atoms with E-state index < -0.39 is 0 Å². The minimum atomic E-state index is 0.212. The molecule has 2 nitrogen and oxygen atoms in total. The summed E-state index contributed by atoms with van der Waals surface area (Å²) in [5, 5.41) is 3.87. The molecule has 0 spiro atoms. The van der Waals surface area contributed by atoms with Crippen molar-refractivity contribution in [3.63, 3.8) is 0 Å². The fourth-order valence-electron chi connectivity index (χ4n) is 3.35. The highest BCUT2D eigenvalue weighted by molar-refractivity contribution is 6.21. The topological polar surface area (TPSA) is 15.3 Å². The molecule has 1 aromatic rings. The van der Waals surface area contributed by atoms with Crippen molar-refractivity contribution >= 4 is 11.6 Å². The van der Waals surface area contributed by atoms with Crippen LogP contribution in [0.4, 0.5) is 0 Å². The Morgan fingerprint density at radius 1 is 1.21 bits per heavy atom. The van der Waals surface area contributed by atoms with Crippen molar-refractivity contribution in [1.82, 2.24) is 10.2 Å². The van der Waals surface area contributed by atoms with Crippen molar-refractivity contribution in [3.05, 3.63) is 35.4 Å². The number of benzene rings is 1. The third-order valence-corrected chi connectivity index (χ3v) is 4.79. The van der Waals surface area contributed by atoms with Gasteiger partial charge in [-0.05, 0) is 63.0 Å². The standard InChI is InChI=1S/C16H23ClN2/c17-15-12-13-6-1-2-7-14(13)16(15)18-8-5-11-19-9-3-4-10-19/h1-2,6-7,15-16,18H,3-5,8-12H2. The lowest BCUT2D eigenvalue weighted by Crippen LogP contribution is -2.29. The largest absolute Gasteiger partial charge is 0.309 e. The number of hydrogen-bond acceptors (Lipinski definition) is 2. The zero-order valence-electron chi connectivity index (χ0n) is 11.4. The van der Waals surface area contributed by atoms with Crippen molar-refractivity contribution in [2.24, 2.45) is 0 Å². The lowest BCUT2D eigenvalue weighted by atomic mass is 10.1. The van der Waals surface area contributed by atoms with Gasteiger partial charge in [0, 0.05) is 6.04 Å². The first kappa shape index (κ1) is 13.4. The molecule has 2 aliphatic rings. The van der Waals surface area contributed by atoms with Gasteiger partial charge in [-0.15, -0.1) is 11.6 Å². The summed E-state index contributed by atoms with van der Waals surface area (Å²) < 4.78 is 0. The van der Waals surface area contributed by atoms with Crippen LogP contribution in [0.15, 0.2) is 24.3 Å². The summed E-state index contributed by atoms with van der Waals surface area (Å²) in [7, 11) is 0. The predicted molar refractivity (Wildman–Crippen MR) is 80.8 cm³/mol. The highest BCUT2D eigenvalue weighted by atomic mass is 35.5. The molecule has 0 aromatic heterocycles. The van der Waals surface area contributed by atoms with Crippen LogP contribution >= 0.6 is 11.6 Å². The molecule has 1 saturated heterocycles. The van der Waals surface area contributed by atoms with Crippen LogP contribution in [0.2, 0.25) is 0 Å². The smallest absolute Gasteiger partial charge is 0.0571 e. The Morgan fingerprint density at radius 2 is 2.00 bits per heavy atom. The van der Waals surface area contributed by atoms with E-state index in [0.717, 1.165) is 13.0 Å². The van der Waals surface area contributed by atoms with Crippen molar-refractivity contribution < 1.29 is 0 Å². The maximum absolute atomic E-state index is 6.48. The number of hydrogen-bond donors (Lipinski definition) is 1. The summed E-state index contributed by atoms with van der Waals surface area (Å²) in [5.74, 6) is 0. The fraction of sp³-hybridized carbons (Fsp3) is 0.625. The highest BCUT2D eigenvalue weighted by Gasteiger charge is 2.29. The third kappa shape index (κ3) is 3.13. The number of nitrogens with zero attached hydrogens (tertiary/aromatic N) is 1. The number of fused-ring (bicyclic) bond motifs is 1. The van der Waals surface area contributed by atoms with Crippen molar-refractivity contribution in [1.29, 1.82) is 0 Å². The van der Waals surface area contributed by atoms with E-state index in [1.807, 2.05) is 0 Å². The normalized spacial score (nSPS) is 26.8. The Labute approximate surface area is 121 Å². The predicted octanol–water partition coefficient (Wildman–Crippen LogP) is 2.97. The second-order valence-electron chi connectivity index (χ2n) is 5.75. The Morgan fingerprint density at radius 3 is 2.84 bits per heavy atom. The van der Waals surface area contributed by atoms with Crippen molar-refractivity contribution in [2.75, 3.05) is 26.2 Å². The third-order valence-electron chi connectivity index (χ3n) is 4.38. The molecule has 0 bridgehead atoms. The molecule has 0 saturated carbocycles. The molecule has 1 fully saturated rings. The van der Waals surface area contributed by atoms with Crippen LogP contribution in [0.1, 0.15) is 36.4 Å². The molecular weight excluding hydrogens is 256 g/mol. The van der Waals surface area contributed by atoms with Gasteiger partial charge < -0.3 is 10.2 Å². The molecule has 3 rings (SSSR count). The van der Waals surface area contributed by atoms with Gasteiger partial charge in [-0.2, -0.15) is 0 Å². The molecule has 19 heavy (non-hydrogen) atoms. The lowest BCUT2D eigenvalue weighted by molar-refractivity contribution is 0.327. The molecule has 2 atom stereocenters. The van der Waals surface area contributed by atoms with Crippen LogP contribution in [0.25, 0.3) is 0 Å². The SMILES string of the molecule is ClC1Cc2ccccc2C1NCCCN1CCCC1. The van der Waals surface area contributed by atoms with Crippen LogP contribution in [0.3, 0.4) is 0 Å². The summed E-state index contributed by atoms with van der Waals surface area (Å²) in [6.07, 6.45) is 4.99. The Bertz CT molecular complexity index is 415. The number of rotatable bonds is 5. The van der Waals surface area contributed by atoms with Crippen molar-refractivity contribution in [2.45, 2.75) is 37.1 Å². The molecule has 1 aliphatic heterocycles. The maximum Gasteiger partial charge on any atom is 0.0571 e. The van der Waals surface area contributed by atoms with E-state index in [2.05, 4.69) is 34.5 Å². The molecular formula is C16H23ClN2. The monoisotopic (exact) mass is 278 g/mol. The van der Waals surface area contributed by atoms with Gasteiger partial charge in [-0.25, -0.2) is 0 Å². The molecule has 0 radical (unpaired) electrons. The van der Waals surface area contributed by atoms with E-state index in [-0.39, 0.29) is 5.38 Å². The summed E-state index contributed by atoms with van der Waals surface area (Å²) in [5.41, 5.74) is 2.82. The Balaban J connectivity index is 1.47. The number of alkyl halides is 1. The van der Waals surface area contributed by atoms with Gasteiger partial charge >= 0.3 is 0 Å².